The van der Waals surface area contributed by atoms with Crippen LogP contribution in [-0.2, 0) is 4.79 Å². The largest absolute Gasteiger partial charge is 0.369 e. The van der Waals surface area contributed by atoms with Gasteiger partial charge in [0.15, 0.2) is 5.16 Å². The van der Waals surface area contributed by atoms with E-state index in [0.717, 1.165) is 11.8 Å². The maximum atomic E-state index is 10.4. The fourth-order valence-electron chi connectivity index (χ4n) is 0.462. The third-order valence-electron chi connectivity index (χ3n) is 0.831. The molecule has 1 aromatic heterocycles. The summed E-state index contributed by atoms with van der Waals surface area (Å²) in [5.41, 5.74) is 4.47. The number of rotatable bonds is 3. The minimum atomic E-state index is -0.446. The summed E-state index contributed by atoms with van der Waals surface area (Å²) in [6, 6.07) is 0. The van der Waals surface area contributed by atoms with Crippen molar-refractivity contribution in [2.75, 3.05) is 5.75 Å². The number of carbonyl (C=O) groups excluding carboxylic acids is 1. The lowest BCUT2D eigenvalue weighted by Gasteiger charge is -1.88. The van der Waals surface area contributed by atoms with Crippen LogP contribution < -0.4 is 11.4 Å². The minimum absolute atomic E-state index is 0.112. The van der Waals surface area contributed by atoms with E-state index in [-0.39, 0.29) is 5.75 Å². The van der Waals surface area contributed by atoms with Crippen LogP contribution in [0.5, 0.6) is 0 Å². The first-order chi connectivity index (χ1) is 5.18. The number of amides is 1. The molecule has 4 N–H and O–H groups in total. The number of primary amides is 1. The maximum Gasteiger partial charge on any atom is 0.341 e. The standard InChI is InChI=1S/C4H6N4O2S/c5-2(9)1-11-4-6-3(10)7-8-4/h1H2,(H2,5,9)(H2,6,7,8,10). The van der Waals surface area contributed by atoms with Gasteiger partial charge in [0, 0.05) is 0 Å². The lowest BCUT2D eigenvalue weighted by Crippen LogP contribution is -2.13. The van der Waals surface area contributed by atoms with Gasteiger partial charge in [0.2, 0.25) is 5.91 Å². The summed E-state index contributed by atoms with van der Waals surface area (Å²) in [6.45, 7) is 0. The van der Waals surface area contributed by atoms with Crippen LogP contribution in [-0.4, -0.2) is 26.8 Å². The average Bonchev–Trinajstić information content (AvgIpc) is 2.31. The van der Waals surface area contributed by atoms with Gasteiger partial charge in [-0.15, -0.1) is 5.10 Å². The number of carbonyl (C=O) groups is 1. The molecule has 1 rings (SSSR count). The molecule has 1 heterocycles. The van der Waals surface area contributed by atoms with Gasteiger partial charge >= 0.3 is 5.69 Å². The molecule has 7 heteroatoms. The van der Waals surface area contributed by atoms with Crippen molar-refractivity contribution in [3.8, 4) is 0 Å². The van der Waals surface area contributed by atoms with E-state index in [1.807, 2.05) is 0 Å². The highest BCUT2D eigenvalue weighted by Gasteiger charge is 2.00. The van der Waals surface area contributed by atoms with Gasteiger partial charge in [-0.25, -0.2) is 9.89 Å². The normalized spacial score (nSPS) is 9.82. The van der Waals surface area contributed by atoms with E-state index in [4.69, 9.17) is 5.73 Å². The van der Waals surface area contributed by atoms with Crippen molar-refractivity contribution in [1.82, 2.24) is 15.2 Å². The summed E-state index contributed by atoms with van der Waals surface area (Å²) in [5, 5.41) is 6.08. The predicted molar refractivity (Wildman–Crippen MR) is 39.1 cm³/mol. The number of aromatic nitrogens is 3. The van der Waals surface area contributed by atoms with Crippen LogP contribution in [0.25, 0.3) is 0 Å². The highest BCUT2D eigenvalue weighted by atomic mass is 32.2. The number of nitrogens with two attached hydrogens (primary N) is 1. The van der Waals surface area contributed by atoms with Gasteiger partial charge in [-0.3, -0.25) is 9.78 Å². The zero-order valence-electron chi connectivity index (χ0n) is 5.46. The fourth-order valence-corrected chi connectivity index (χ4v) is 1.02. The molecule has 60 valence electrons. The summed E-state index contributed by atoms with van der Waals surface area (Å²) >= 11 is 1.08. The Labute approximate surface area is 65.6 Å². The molecule has 1 amide bonds. The van der Waals surface area contributed by atoms with Crippen LogP contribution in [0.3, 0.4) is 0 Å². The Kier molecular flexibility index (Phi) is 2.32. The Bertz CT molecular complexity index is 303. The smallest absolute Gasteiger partial charge is 0.341 e. The highest BCUT2D eigenvalue weighted by Crippen LogP contribution is 2.07. The summed E-state index contributed by atoms with van der Waals surface area (Å²) in [6.07, 6.45) is 0. The van der Waals surface area contributed by atoms with Crippen molar-refractivity contribution in [1.29, 1.82) is 0 Å². The first-order valence-corrected chi connectivity index (χ1v) is 3.73. The van der Waals surface area contributed by atoms with E-state index in [9.17, 15) is 9.59 Å². The Balaban J connectivity index is 2.51. The van der Waals surface area contributed by atoms with Gasteiger partial charge in [-0.2, -0.15) is 0 Å². The molecule has 0 spiro atoms. The summed E-state index contributed by atoms with van der Waals surface area (Å²) in [5.74, 6) is -0.334. The summed E-state index contributed by atoms with van der Waals surface area (Å²) in [4.78, 5) is 23.0. The molecule has 0 fully saturated rings. The van der Waals surface area contributed by atoms with Crippen LogP contribution in [0.15, 0.2) is 9.95 Å². The zero-order chi connectivity index (χ0) is 8.27. The highest BCUT2D eigenvalue weighted by molar-refractivity contribution is 7.99. The second-order valence-electron chi connectivity index (χ2n) is 1.74. The molecular weight excluding hydrogens is 168 g/mol. The van der Waals surface area contributed by atoms with E-state index in [1.165, 1.54) is 0 Å². The molecule has 0 bridgehead atoms. The number of hydrogen-bond acceptors (Lipinski definition) is 4. The van der Waals surface area contributed by atoms with Crippen LogP contribution in [0.2, 0.25) is 0 Å². The van der Waals surface area contributed by atoms with Crippen molar-refractivity contribution in [2.24, 2.45) is 5.73 Å². The maximum absolute atomic E-state index is 10.4. The van der Waals surface area contributed by atoms with E-state index >= 15 is 0 Å². The molecule has 0 aromatic carbocycles. The lowest BCUT2D eigenvalue weighted by atomic mass is 10.8. The monoisotopic (exact) mass is 174 g/mol. The second-order valence-corrected chi connectivity index (χ2v) is 2.70. The molecule has 0 aliphatic heterocycles. The predicted octanol–water partition coefficient (Wildman–Crippen LogP) is -1.32. The first-order valence-electron chi connectivity index (χ1n) is 2.74. The lowest BCUT2D eigenvalue weighted by molar-refractivity contribution is -0.115. The van der Waals surface area contributed by atoms with Crippen molar-refractivity contribution >= 4 is 17.7 Å². The summed E-state index contributed by atoms with van der Waals surface area (Å²) in [7, 11) is 0. The Morgan fingerprint density at radius 3 is 2.91 bits per heavy atom. The van der Waals surface area contributed by atoms with Gasteiger partial charge in [-0.05, 0) is 0 Å². The van der Waals surface area contributed by atoms with E-state index < -0.39 is 11.6 Å². The van der Waals surface area contributed by atoms with Gasteiger partial charge < -0.3 is 5.73 Å². The van der Waals surface area contributed by atoms with Gasteiger partial charge in [-0.1, -0.05) is 11.8 Å². The number of nitrogens with zero attached hydrogens (tertiary/aromatic N) is 1. The molecule has 0 saturated heterocycles. The fraction of sp³-hybridized carbons (Fsp3) is 0.250. The number of H-pyrrole nitrogens is 2. The van der Waals surface area contributed by atoms with Gasteiger partial charge in [0.05, 0.1) is 5.75 Å². The van der Waals surface area contributed by atoms with Gasteiger partial charge in [0.25, 0.3) is 0 Å². The molecule has 1 aromatic rings. The Morgan fingerprint density at radius 2 is 2.45 bits per heavy atom. The average molecular weight is 174 g/mol. The third-order valence-corrected chi connectivity index (χ3v) is 1.73. The third kappa shape index (κ3) is 2.46. The summed E-state index contributed by atoms with van der Waals surface area (Å²) < 4.78 is 0. The van der Waals surface area contributed by atoms with Crippen molar-refractivity contribution in [2.45, 2.75) is 5.16 Å². The topological polar surface area (TPSA) is 105 Å². The number of aromatic amines is 2. The molecule has 0 unspecified atom stereocenters. The molecule has 0 aliphatic rings. The van der Waals surface area contributed by atoms with Crippen LogP contribution in [0.4, 0.5) is 0 Å². The van der Waals surface area contributed by atoms with E-state index in [1.54, 1.807) is 0 Å². The van der Waals surface area contributed by atoms with Gasteiger partial charge in [0.1, 0.15) is 0 Å². The van der Waals surface area contributed by atoms with Crippen molar-refractivity contribution < 1.29 is 4.79 Å². The molecule has 0 saturated carbocycles. The molecule has 0 aliphatic carbocycles. The zero-order valence-corrected chi connectivity index (χ0v) is 6.27. The Hall–Kier alpha value is -1.24. The number of nitrogens with one attached hydrogen (secondary N) is 2. The molecule has 11 heavy (non-hydrogen) atoms. The molecule has 0 atom stereocenters. The van der Waals surface area contributed by atoms with E-state index in [0.29, 0.717) is 5.16 Å². The van der Waals surface area contributed by atoms with Crippen molar-refractivity contribution in [3.05, 3.63) is 10.5 Å². The van der Waals surface area contributed by atoms with Crippen LogP contribution in [0, 0.1) is 0 Å². The SMILES string of the molecule is NC(=O)CSc1n[nH]c(=O)[nH]1. The second kappa shape index (κ2) is 3.24. The molecular formula is C4H6N4O2S. The van der Waals surface area contributed by atoms with Crippen LogP contribution in [0.1, 0.15) is 0 Å². The Morgan fingerprint density at radius 1 is 1.73 bits per heavy atom. The molecule has 6 nitrogen and oxygen atoms in total. The van der Waals surface area contributed by atoms with Crippen molar-refractivity contribution in [3.63, 3.8) is 0 Å². The minimum Gasteiger partial charge on any atom is -0.369 e. The van der Waals surface area contributed by atoms with Crippen LogP contribution >= 0.6 is 11.8 Å². The number of hydrogen-bond donors (Lipinski definition) is 3. The quantitative estimate of drug-likeness (QED) is 0.494. The van der Waals surface area contributed by atoms with E-state index in [2.05, 4.69) is 15.2 Å². The first kappa shape index (κ1) is 7.86. The number of thioether (sulfide) groups is 1. The molecule has 0 radical (unpaired) electrons.